The smallest absolute Gasteiger partial charge is 0.125 e. The highest BCUT2D eigenvalue weighted by molar-refractivity contribution is 5.85. The molecule has 2 aromatic carbocycles. The van der Waals surface area contributed by atoms with E-state index in [2.05, 4.69) is 54.5 Å². The van der Waals surface area contributed by atoms with E-state index in [0.29, 0.717) is 12.0 Å². The van der Waals surface area contributed by atoms with Gasteiger partial charge in [0.05, 0.1) is 11.0 Å². The molecule has 2 heterocycles. The molecule has 31 heavy (non-hydrogen) atoms. The van der Waals surface area contributed by atoms with Crippen LogP contribution in [-0.4, -0.2) is 27.5 Å². The lowest BCUT2D eigenvalue weighted by Crippen LogP contribution is -2.34. The van der Waals surface area contributed by atoms with E-state index >= 15 is 0 Å². The Hall–Kier alpha value is -1.91. The molecule has 1 saturated heterocycles. The first kappa shape index (κ1) is 22.3. The lowest BCUT2D eigenvalue weighted by Gasteiger charge is -2.34. The number of piperidine rings is 1. The molecule has 5 heteroatoms. The molecule has 0 radical (unpaired) electrons. The normalized spacial score (nSPS) is 18.3. The molecule has 1 aliphatic heterocycles. The fourth-order valence-corrected chi connectivity index (χ4v) is 4.81. The summed E-state index contributed by atoms with van der Waals surface area (Å²) in [6.07, 6.45) is 4.69. The number of imidazole rings is 1. The highest BCUT2D eigenvalue weighted by atomic mass is 35.5. The first-order valence-electron chi connectivity index (χ1n) is 11.4. The van der Waals surface area contributed by atoms with Gasteiger partial charge >= 0.3 is 0 Å². The van der Waals surface area contributed by atoms with Crippen molar-refractivity contribution in [1.82, 2.24) is 14.5 Å². The van der Waals surface area contributed by atoms with E-state index in [9.17, 15) is 4.39 Å². The van der Waals surface area contributed by atoms with E-state index in [1.54, 1.807) is 12.1 Å². The fraction of sp³-hybridized carbons (Fsp3) is 0.500. The molecule has 3 aromatic rings. The van der Waals surface area contributed by atoms with Crippen LogP contribution in [-0.2, 0) is 12.0 Å². The van der Waals surface area contributed by atoms with Crippen LogP contribution in [0.5, 0.6) is 0 Å². The Bertz CT molecular complexity index is 1040. The van der Waals surface area contributed by atoms with Gasteiger partial charge in [-0.25, -0.2) is 9.37 Å². The fourth-order valence-electron chi connectivity index (χ4n) is 4.81. The van der Waals surface area contributed by atoms with Gasteiger partial charge in [0.15, 0.2) is 0 Å². The third-order valence-electron chi connectivity index (χ3n) is 6.77. The van der Waals surface area contributed by atoms with Crippen LogP contribution in [0.4, 0.5) is 4.39 Å². The average molecular weight is 442 g/mol. The zero-order valence-electron chi connectivity index (χ0n) is 18.8. The zero-order chi connectivity index (χ0) is 20.9. The van der Waals surface area contributed by atoms with Crippen LogP contribution in [0.2, 0.25) is 0 Å². The minimum Gasteiger partial charge on any atom is -0.325 e. The Morgan fingerprint density at radius 1 is 0.968 bits per heavy atom. The molecule has 2 fully saturated rings. The van der Waals surface area contributed by atoms with E-state index < -0.39 is 0 Å². The number of rotatable bonds is 4. The molecule has 1 aliphatic carbocycles. The van der Waals surface area contributed by atoms with Crippen molar-refractivity contribution in [3.05, 3.63) is 65.2 Å². The Labute approximate surface area is 191 Å². The standard InChI is InChI=1S/C26H32FN3.ClH/c1-26(2,3)20-8-4-18(5-9-20)17-29-14-12-22(13-15-29)30-24-11-10-21(27)16-23(24)28-25(30)19-6-7-19;/h4-5,8-11,16,19,22H,6-7,12-15,17H2,1-3H3;1H. The van der Waals surface area contributed by atoms with Gasteiger partial charge in [0.2, 0.25) is 0 Å². The lowest BCUT2D eigenvalue weighted by atomic mass is 9.86. The topological polar surface area (TPSA) is 21.1 Å². The molecule has 3 nitrogen and oxygen atoms in total. The predicted molar refractivity (Wildman–Crippen MR) is 128 cm³/mol. The first-order chi connectivity index (χ1) is 14.4. The summed E-state index contributed by atoms with van der Waals surface area (Å²) in [6.45, 7) is 9.99. The highest BCUT2D eigenvalue weighted by Crippen LogP contribution is 2.43. The van der Waals surface area contributed by atoms with Crippen molar-refractivity contribution in [2.45, 2.75) is 70.4 Å². The predicted octanol–water partition coefficient (Wildman–Crippen LogP) is 6.61. The second-order valence-corrected chi connectivity index (χ2v) is 10.2. The molecule has 5 rings (SSSR count). The van der Waals surface area contributed by atoms with Crippen LogP contribution in [0.15, 0.2) is 42.5 Å². The van der Waals surface area contributed by atoms with Gasteiger partial charge in [0.1, 0.15) is 11.6 Å². The van der Waals surface area contributed by atoms with Crippen molar-refractivity contribution in [2.75, 3.05) is 13.1 Å². The number of aromatic nitrogens is 2. The summed E-state index contributed by atoms with van der Waals surface area (Å²) in [6, 6.07) is 14.7. The van der Waals surface area contributed by atoms with Crippen LogP contribution >= 0.6 is 12.4 Å². The van der Waals surface area contributed by atoms with Gasteiger partial charge < -0.3 is 4.57 Å². The summed E-state index contributed by atoms with van der Waals surface area (Å²) >= 11 is 0. The van der Waals surface area contributed by atoms with Crippen molar-refractivity contribution in [1.29, 1.82) is 0 Å². The third kappa shape index (κ3) is 4.65. The van der Waals surface area contributed by atoms with E-state index in [1.165, 1.54) is 29.8 Å². The Balaban J connectivity index is 0.00000231. The molecule has 1 saturated carbocycles. The molecule has 0 atom stereocenters. The number of benzene rings is 2. The monoisotopic (exact) mass is 441 g/mol. The van der Waals surface area contributed by atoms with Crippen LogP contribution in [0.25, 0.3) is 11.0 Å². The van der Waals surface area contributed by atoms with Crippen LogP contribution in [0.3, 0.4) is 0 Å². The van der Waals surface area contributed by atoms with Crippen LogP contribution < -0.4 is 0 Å². The molecule has 0 bridgehead atoms. The summed E-state index contributed by atoms with van der Waals surface area (Å²) in [5.74, 6) is 1.56. The number of hydrogen-bond donors (Lipinski definition) is 0. The minimum absolute atomic E-state index is 0. The van der Waals surface area contributed by atoms with E-state index in [0.717, 1.165) is 43.5 Å². The summed E-state index contributed by atoms with van der Waals surface area (Å²) in [4.78, 5) is 7.40. The molecule has 0 unspecified atom stereocenters. The van der Waals surface area contributed by atoms with Gasteiger partial charge in [-0.3, -0.25) is 4.90 Å². The summed E-state index contributed by atoms with van der Waals surface area (Å²) < 4.78 is 16.2. The van der Waals surface area contributed by atoms with Crippen molar-refractivity contribution in [3.63, 3.8) is 0 Å². The van der Waals surface area contributed by atoms with Gasteiger partial charge in [-0.05, 0) is 54.4 Å². The number of halogens is 2. The molecular formula is C26H33ClFN3. The quantitative estimate of drug-likeness (QED) is 0.454. The molecule has 1 aromatic heterocycles. The number of nitrogens with zero attached hydrogens (tertiary/aromatic N) is 3. The second kappa shape index (κ2) is 8.55. The van der Waals surface area contributed by atoms with E-state index in [4.69, 9.17) is 4.98 Å². The van der Waals surface area contributed by atoms with E-state index in [1.807, 2.05) is 6.07 Å². The molecule has 166 valence electrons. The van der Waals surface area contributed by atoms with Gasteiger partial charge in [-0.2, -0.15) is 0 Å². The molecule has 0 spiro atoms. The highest BCUT2D eigenvalue weighted by Gasteiger charge is 2.33. The van der Waals surface area contributed by atoms with Gasteiger partial charge in [-0.1, -0.05) is 45.0 Å². The van der Waals surface area contributed by atoms with Crippen molar-refractivity contribution in [3.8, 4) is 0 Å². The van der Waals surface area contributed by atoms with Gasteiger partial charge in [0.25, 0.3) is 0 Å². The maximum Gasteiger partial charge on any atom is 0.125 e. The number of fused-ring (bicyclic) bond motifs is 1. The summed E-state index contributed by atoms with van der Waals surface area (Å²) in [7, 11) is 0. The lowest BCUT2D eigenvalue weighted by molar-refractivity contribution is 0.180. The molecule has 2 aliphatic rings. The van der Waals surface area contributed by atoms with Gasteiger partial charge in [-0.15, -0.1) is 12.4 Å². The van der Waals surface area contributed by atoms with Crippen LogP contribution in [0.1, 0.15) is 75.4 Å². The largest absolute Gasteiger partial charge is 0.325 e. The van der Waals surface area contributed by atoms with Crippen molar-refractivity contribution < 1.29 is 4.39 Å². The Morgan fingerprint density at radius 2 is 1.65 bits per heavy atom. The Kier molecular flexibility index (Phi) is 6.15. The van der Waals surface area contributed by atoms with Gasteiger partial charge in [0, 0.05) is 37.7 Å². The minimum atomic E-state index is -0.193. The Morgan fingerprint density at radius 3 is 2.26 bits per heavy atom. The average Bonchev–Trinajstić information content (AvgIpc) is 3.49. The number of likely N-dealkylation sites (tertiary alicyclic amines) is 1. The van der Waals surface area contributed by atoms with Crippen molar-refractivity contribution in [2.24, 2.45) is 0 Å². The molecule has 0 amide bonds. The second-order valence-electron chi connectivity index (χ2n) is 10.2. The summed E-state index contributed by atoms with van der Waals surface area (Å²) in [5, 5.41) is 0. The molecular weight excluding hydrogens is 409 g/mol. The third-order valence-corrected chi connectivity index (χ3v) is 6.77. The maximum absolute atomic E-state index is 13.7. The van der Waals surface area contributed by atoms with E-state index in [-0.39, 0.29) is 23.6 Å². The number of hydrogen-bond acceptors (Lipinski definition) is 2. The zero-order valence-corrected chi connectivity index (χ0v) is 19.6. The first-order valence-corrected chi connectivity index (χ1v) is 11.4. The molecule has 0 N–H and O–H groups in total. The maximum atomic E-state index is 13.7. The van der Waals surface area contributed by atoms with Crippen LogP contribution in [0, 0.1) is 5.82 Å². The summed E-state index contributed by atoms with van der Waals surface area (Å²) in [5.41, 5.74) is 4.91. The SMILES string of the molecule is CC(C)(C)c1ccc(CN2CCC(n3c(C4CC4)nc4cc(F)ccc43)CC2)cc1.Cl. The van der Waals surface area contributed by atoms with Crippen molar-refractivity contribution >= 4 is 23.4 Å².